The molecule has 29 heavy (non-hydrogen) atoms. The summed E-state index contributed by atoms with van der Waals surface area (Å²) >= 11 is 1.24. The Morgan fingerprint density at radius 2 is 1.86 bits per heavy atom. The Bertz CT molecular complexity index is 1100. The van der Waals surface area contributed by atoms with E-state index in [2.05, 4.69) is 15.5 Å². The number of carbonyl (C=O) groups excluding carboxylic acids is 1. The number of nitrogens with one attached hydrogen (secondary N) is 1. The Hall–Kier alpha value is -3.39. The highest BCUT2D eigenvalue weighted by molar-refractivity contribution is 7.99. The molecule has 0 spiro atoms. The molecule has 0 aliphatic carbocycles. The zero-order valence-electron chi connectivity index (χ0n) is 15.3. The summed E-state index contributed by atoms with van der Waals surface area (Å²) in [6.07, 6.45) is 3.14. The van der Waals surface area contributed by atoms with Crippen molar-refractivity contribution < 1.29 is 13.6 Å². The highest BCUT2D eigenvalue weighted by atomic mass is 32.2. The van der Waals surface area contributed by atoms with E-state index in [1.165, 1.54) is 17.8 Å². The number of halogens is 1. The average molecular weight is 408 g/mol. The second kappa shape index (κ2) is 8.74. The van der Waals surface area contributed by atoms with Gasteiger partial charge in [0.25, 0.3) is 0 Å². The first-order chi connectivity index (χ1) is 14.2. The summed E-state index contributed by atoms with van der Waals surface area (Å²) in [5, 5.41) is 11.7. The van der Waals surface area contributed by atoms with Crippen molar-refractivity contribution in [1.82, 2.24) is 20.1 Å². The molecule has 2 aromatic heterocycles. The van der Waals surface area contributed by atoms with Crippen LogP contribution in [0.5, 0.6) is 0 Å². The van der Waals surface area contributed by atoms with Crippen LogP contribution in [0.3, 0.4) is 0 Å². The molecule has 0 bridgehead atoms. The van der Waals surface area contributed by atoms with Crippen molar-refractivity contribution in [1.29, 1.82) is 0 Å². The highest BCUT2D eigenvalue weighted by Crippen LogP contribution is 2.29. The van der Waals surface area contributed by atoms with Gasteiger partial charge in [0.1, 0.15) is 5.82 Å². The van der Waals surface area contributed by atoms with Crippen LogP contribution in [0.25, 0.3) is 17.1 Å². The lowest BCUT2D eigenvalue weighted by Gasteiger charge is -2.10. The number of amides is 1. The van der Waals surface area contributed by atoms with Crippen molar-refractivity contribution in [3.05, 3.63) is 84.6 Å². The lowest BCUT2D eigenvalue weighted by Crippen LogP contribution is -2.24. The summed E-state index contributed by atoms with van der Waals surface area (Å²) in [7, 11) is 0. The maximum Gasteiger partial charge on any atom is 0.230 e. The average Bonchev–Trinajstić information content (AvgIpc) is 3.41. The van der Waals surface area contributed by atoms with Crippen LogP contribution in [0.1, 0.15) is 5.56 Å². The summed E-state index contributed by atoms with van der Waals surface area (Å²) in [4.78, 5) is 12.2. The number of carbonyl (C=O) groups is 1. The Labute approximate surface area is 170 Å². The number of aromatic nitrogens is 3. The van der Waals surface area contributed by atoms with Crippen molar-refractivity contribution >= 4 is 17.7 Å². The van der Waals surface area contributed by atoms with E-state index in [-0.39, 0.29) is 17.5 Å². The lowest BCUT2D eigenvalue weighted by atomic mass is 10.2. The van der Waals surface area contributed by atoms with Crippen LogP contribution in [0, 0.1) is 5.82 Å². The molecule has 0 fully saturated rings. The molecule has 0 aliphatic rings. The predicted octanol–water partition coefficient (Wildman–Crippen LogP) is 4.07. The normalized spacial score (nSPS) is 10.8. The van der Waals surface area contributed by atoms with Gasteiger partial charge in [-0.05, 0) is 30.3 Å². The van der Waals surface area contributed by atoms with Crippen LogP contribution in [-0.2, 0) is 11.3 Å². The maximum absolute atomic E-state index is 14.4. The SMILES string of the molecule is O=C(CSc1nnc(-c2ccccc2F)n1-c1ccccc1)NCc1ccoc1. The fraction of sp³-hybridized carbons (Fsp3) is 0.0952. The molecule has 4 aromatic rings. The molecular weight excluding hydrogens is 391 g/mol. The second-order valence-corrected chi connectivity index (χ2v) is 7.10. The molecule has 2 aromatic carbocycles. The smallest absolute Gasteiger partial charge is 0.230 e. The maximum atomic E-state index is 14.4. The lowest BCUT2D eigenvalue weighted by molar-refractivity contribution is -0.118. The zero-order valence-corrected chi connectivity index (χ0v) is 16.1. The minimum atomic E-state index is -0.383. The van der Waals surface area contributed by atoms with Gasteiger partial charge in [0.15, 0.2) is 11.0 Å². The van der Waals surface area contributed by atoms with Crippen molar-refractivity contribution in [3.8, 4) is 17.1 Å². The van der Waals surface area contributed by atoms with E-state index in [0.717, 1.165) is 11.3 Å². The molecule has 2 heterocycles. The van der Waals surface area contributed by atoms with Crippen molar-refractivity contribution in [2.24, 2.45) is 0 Å². The molecule has 0 unspecified atom stereocenters. The molecule has 0 aliphatic heterocycles. The Morgan fingerprint density at radius 3 is 2.62 bits per heavy atom. The fourth-order valence-electron chi connectivity index (χ4n) is 2.77. The van der Waals surface area contributed by atoms with Crippen LogP contribution in [0.4, 0.5) is 4.39 Å². The summed E-state index contributed by atoms with van der Waals surface area (Å²) in [6, 6.07) is 17.6. The first kappa shape index (κ1) is 18.9. The van der Waals surface area contributed by atoms with Crippen LogP contribution >= 0.6 is 11.8 Å². The van der Waals surface area contributed by atoms with Gasteiger partial charge in [0, 0.05) is 17.8 Å². The van der Waals surface area contributed by atoms with E-state index in [1.807, 2.05) is 30.3 Å². The van der Waals surface area contributed by atoms with Gasteiger partial charge < -0.3 is 9.73 Å². The van der Waals surface area contributed by atoms with Gasteiger partial charge in [-0.2, -0.15) is 0 Å². The number of nitrogens with zero attached hydrogens (tertiary/aromatic N) is 3. The molecular formula is C21H17FN4O2S. The van der Waals surface area contributed by atoms with Crippen LogP contribution in [0.2, 0.25) is 0 Å². The monoisotopic (exact) mass is 408 g/mol. The molecule has 0 saturated carbocycles. The summed E-state index contributed by atoms with van der Waals surface area (Å²) in [6.45, 7) is 0.391. The number of hydrogen-bond acceptors (Lipinski definition) is 5. The quantitative estimate of drug-likeness (QED) is 0.467. The number of hydrogen-bond donors (Lipinski definition) is 1. The zero-order chi connectivity index (χ0) is 20.1. The van der Waals surface area contributed by atoms with Crippen molar-refractivity contribution in [2.75, 3.05) is 5.75 Å². The molecule has 1 N–H and O–H groups in total. The van der Waals surface area contributed by atoms with Gasteiger partial charge in [0.2, 0.25) is 5.91 Å². The minimum absolute atomic E-state index is 0.147. The number of benzene rings is 2. The van der Waals surface area contributed by atoms with Gasteiger partial charge in [-0.1, -0.05) is 42.1 Å². The third kappa shape index (κ3) is 4.38. The van der Waals surface area contributed by atoms with E-state index in [4.69, 9.17) is 4.42 Å². The molecule has 0 atom stereocenters. The Morgan fingerprint density at radius 1 is 1.07 bits per heavy atom. The predicted molar refractivity (Wildman–Crippen MR) is 108 cm³/mol. The van der Waals surface area contributed by atoms with Crippen molar-refractivity contribution in [3.63, 3.8) is 0 Å². The summed E-state index contributed by atoms with van der Waals surface area (Å²) in [5.41, 5.74) is 2.02. The third-order valence-electron chi connectivity index (χ3n) is 4.16. The molecule has 6 nitrogen and oxygen atoms in total. The number of para-hydroxylation sites is 1. The molecule has 1 amide bonds. The Kier molecular flexibility index (Phi) is 5.71. The Balaban J connectivity index is 1.57. The van der Waals surface area contributed by atoms with Gasteiger partial charge in [-0.25, -0.2) is 4.39 Å². The third-order valence-corrected chi connectivity index (χ3v) is 5.09. The summed E-state index contributed by atoms with van der Waals surface area (Å²) < 4.78 is 21.1. The van der Waals surface area contributed by atoms with Gasteiger partial charge in [-0.15, -0.1) is 10.2 Å². The first-order valence-electron chi connectivity index (χ1n) is 8.88. The van der Waals surface area contributed by atoms with Crippen LogP contribution in [-0.4, -0.2) is 26.4 Å². The molecule has 8 heteroatoms. The van der Waals surface area contributed by atoms with E-state index < -0.39 is 0 Å². The highest BCUT2D eigenvalue weighted by Gasteiger charge is 2.19. The van der Waals surface area contributed by atoms with Crippen LogP contribution in [0.15, 0.2) is 82.8 Å². The second-order valence-electron chi connectivity index (χ2n) is 6.15. The molecule has 0 radical (unpaired) electrons. The number of thioether (sulfide) groups is 1. The van der Waals surface area contributed by atoms with E-state index in [0.29, 0.717) is 23.1 Å². The molecule has 4 rings (SSSR count). The molecule has 146 valence electrons. The molecule has 0 saturated heterocycles. The topological polar surface area (TPSA) is 73.0 Å². The van der Waals surface area contributed by atoms with Gasteiger partial charge in [0.05, 0.1) is 23.8 Å². The standard InChI is InChI=1S/C21H17FN4O2S/c22-18-9-5-4-8-17(18)20-24-25-21(26(20)16-6-2-1-3-7-16)29-14-19(27)23-12-15-10-11-28-13-15/h1-11,13H,12,14H2,(H,23,27). The van der Waals surface area contributed by atoms with Crippen molar-refractivity contribution in [2.45, 2.75) is 11.7 Å². The van der Waals surface area contributed by atoms with Crippen LogP contribution < -0.4 is 5.32 Å². The first-order valence-corrected chi connectivity index (χ1v) is 9.87. The van der Waals surface area contributed by atoms with Gasteiger partial charge in [-0.3, -0.25) is 9.36 Å². The minimum Gasteiger partial charge on any atom is -0.472 e. The summed E-state index contributed by atoms with van der Waals surface area (Å²) in [5.74, 6) is 0.00782. The number of rotatable bonds is 7. The largest absolute Gasteiger partial charge is 0.472 e. The van der Waals surface area contributed by atoms with E-state index in [9.17, 15) is 9.18 Å². The fourth-order valence-corrected chi connectivity index (χ4v) is 3.55. The van der Waals surface area contributed by atoms with E-state index in [1.54, 1.807) is 41.4 Å². The van der Waals surface area contributed by atoms with Gasteiger partial charge >= 0.3 is 0 Å². The number of furan rings is 1. The van der Waals surface area contributed by atoms with E-state index >= 15 is 0 Å².